The van der Waals surface area contributed by atoms with Crippen LogP contribution in [-0.2, 0) is 10.0 Å². The highest BCUT2D eigenvalue weighted by Crippen LogP contribution is 2.33. The highest BCUT2D eigenvalue weighted by atomic mass is 32.2. The van der Waals surface area contributed by atoms with Crippen molar-refractivity contribution in [3.05, 3.63) is 77.4 Å². The molecule has 0 bridgehead atoms. The Balaban J connectivity index is 1.75. The average Bonchev–Trinajstić information content (AvgIpc) is 3.33. The molecule has 2 aromatic heterocycles. The molecule has 2 N–H and O–H groups in total. The third-order valence-electron chi connectivity index (χ3n) is 4.11. The first-order valence-electron chi connectivity index (χ1n) is 8.40. The van der Waals surface area contributed by atoms with E-state index in [2.05, 4.69) is 10.0 Å². The maximum Gasteiger partial charge on any atom is 0.293 e. The first-order valence-corrected chi connectivity index (χ1v) is 10.8. The Kier molecular flexibility index (Phi) is 4.66. The van der Waals surface area contributed by atoms with Crippen LogP contribution in [0.4, 0.5) is 11.4 Å². The second-order valence-electron chi connectivity index (χ2n) is 6.16. The van der Waals surface area contributed by atoms with Crippen LogP contribution in [0, 0.1) is 6.92 Å². The van der Waals surface area contributed by atoms with Crippen LogP contribution < -0.4 is 10.0 Å². The molecule has 0 saturated heterocycles. The lowest BCUT2D eigenvalue weighted by Crippen LogP contribution is -2.17. The zero-order chi connectivity index (χ0) is 19.7. The number of furan rings is 1. The van der Waals surface area contributed by atoms with Crippen molar-refractivity contribution < 1.29 is 17.6 Å². The zero-order valence-electron chi connectivity index (χ0n) is 14.8. The number of rotatable bonds is 5. The summed E-state index contributed by atoms with van der Waals surface area (Å²) in [6, 6.07) is 17.3. The number of carbonyl (C=O) groups excluding carboxylic acids is 1. The highest BCUT2D eigenvalue weighted by molar-refractivity contribution is 7.94. The number of hydrogen-bond acceptors (Lipinski definition) is 5. The Morgan fingerprint density at radius 3 is 2.46 bits per heavy atom. The summed E-state index contributed by atoms with van der Waals surface area (Å²) in [4.78, 5) is 12.8. The largest absolute Gasteiger partial charge is 0.449 e. The molecule has 6 nitrogen and oxygen atoms in total. The molecular weight excluding hydrogens is 396 g/mol. The number of nitrogens with one attached hydrogen (secondary N) is 2. The van der Waals surface area contributed by atoms with Gasteiger partial charge in [0.25, 0.3) is 15.9 Å². The van der Waals surface area contributed by atoms with Gasteiger partial charge < -0.3 is 9.73 Å². The van der Waals surface area contributed by atoms with Gasteiger partial charge in [-0.3, -0.25) is 9.52 Å². The Hall–Kier alpha value is -3.10. The minimum Gasteiger partial charge on any atom is -0.449 e. The van der Waals surface area contributed by atoms with Gasteiger partial charge >= 0.3 is 0 Å². The van der Waals surface area contributed by atoms with Gasteiger partial charge in [0, 0.05) is 11.1 Å². The molecule has 4 rings (SSSR count). The summed E-state index contributed by atoms with van der Waals surface area (Å²) in [5.74, 6) is -0.633. The van der Waals surface area contributed by atoms with E-state index in [0.29, 0.717) is 16.7 Å². The van der Waals surface area contributed by atoms with Crippen molar-refractivity contribution in [3.63, 3.8) is 0 Å². The summed E-state index contributed by atoms with van der Waals surface area (Å²) < 4.78 is 33.8. The average molecular weight is 412 g/mol. The van der Waals surface area contributed by atoms with Crippen molar-refractivity contribution in [1.29, 1.82) is 0 Å². The van der Waals surface area contributed by atoms with Gasteiger partial charge in [0.1, 0.15) is 15.5 Å². The van der Waals surface area contributed by atoms with Gasteiger partial charge in [0.2, 0.25) is 5.76 Å². The molecule has 0 aliphatic rings. The van der Waals surface area contributed by atoms with Gasteiger partial charge in [-0.05, 0) is 42.6 Å². The summed E-state index contributed by atoms with van der Waals surface area (Å²) in [5.41, 5.74) is 2.18. The van der Waals surface area contributed by atoms with Crippen molar-refractivity contribution in [2.75, 3.05) is 10.0 Å². The molecule has 28 heavy (non-hydrogen) atoms. The van der Waals surface area contributed by atoms with Crippen LogP contribution in [0.5, 0.6) is 0 Å². The topological polar surface area (TPSA) is 88.4 Å². The van der Waals surface area contributed by atoms with Crippen molar-refractivity contribution >= 4 is 49.6 Å². The molecule has 0 atom stereocenters. The fourth-order valence-corrected chi connectivity index (χ4v) is 4.81. The minimum absolute atomic E-state index is 0.0955. The molecule has 0 aliphatic carbocycles. The number of amides is 1. The number of benzene rings is 2. The molecule has 0 spiro atoms. The molecule has 8 heteroatoms. The second-order valence-corrected chi connectivity index (χ2v) is 9.02. The summed E-state index contributed by atoms with van der Waals surface area (Å²) in [5, 5.41) is 4.93. The number of carbonyl (C=O) groups is 1. The standard InChI is InChI=1S/C20H16N2O4S2/c1-13-8-10-14(11-9-13)21-20(23)19-18(15-5-2-3-6-16(15)26-19)22-28(24,25)17-7-4-12-27-17/h2-12,22H,1H3,(H,21,23). The number of aryl methyl sites for hydroxylation is 1. The van der Waals surface area contributed by atoms with Crippen LogP contribution in [0.25, 0.3) is 11.0 Å². The zero-order valence-corrected chi connectivity index (χ0v) is 16.4. The van der Waals surface area contributed by atoms with E-state index in [1.165, 1.54) is 6.07 Å². The Labute approximate surface area is 165 Å². The number of thiophene rings is 1. The minimum atomic E-state index is -3.84. The van der Waals surface area contributed by atoms with E-state index >= 15 is 0 Å². The SMILES string of the molecule is Cc1ccc(NC(=O)c2oc3ccccc3c2NS(=O)(=O)c2cccs2)cc1. The predicted molar refractivity (Wildman–Crippen MR) is 110 cm³/mol. The fraction of sp³-hybridized carbons (Fsp3) is 0.0500. The second kappa shape index (κ2) is 7.14. The first-order chi connectivity index (χ1) is 13.4. The van der Waals surface area contributed by atoms with Gasteiger partial charge in [0.15, 0.2) is 0 Å². The van der Waals surface area contributed by atoms with E-state index in [1.54, 1.807) is 47.8 Å². The van der Waals surface area contributed by atoms with Gasteiger partial charge in [-0.1, -0.05) is 35.9 Å². The predicted octanol–water partition coefficient (Wildman–Crippen LogP) is 4.86. The number of fused-ring (bicyclic) bond motifs is 1. The number of para-hydroxylation sites is 1. The first kappa shape index (κ1) is 18.3. The maximum atomic E-state index is 12.8. The summed E-state index contributed by atoms with van der Waals surface area (Å²) in [6.07, 6.45) is 0. The lowest BCUT2D eigenvalue weighted by atomic mass is 10.2. The van der Waals surface area contributed by atoms with Crippen molar-refractivity contribution in [2.45, 2.75) is 11.1 Å². The smallest absolute Gasteiger partial charge is 0.293 e. The third-order valence-corrected chi connectivity index (χ3v) is 6.85. The van der Waals surface area contributed by atoms with E-state index in [9.17, 15) is 13.2 Å². The molecule has 0 aliphatic heterocycles. The summed E-state index contributed by atoms with van der Waals surface area (Å²) in [7, 11) is -3.84. The van der Waals surface area contributed by atoms with E-state index in [1.807, 2.05) is 19.1 Å². The van der Waals surface area contributed by atoms with E-state index < -0.39 is 15.9 Å². The maximum absolute atomic E-state index is 12.8. The Morgan fingerprint density at radius 1 is 1.00 bits per heavy atom. The molecule has 2 aromatic carbocycles. The molecule has 0 saturated carbocycles. The monoisotopic (exact) mass is 412 g/mol. The lowest BCUT2D eigenvalue weighted by molar-refractivity contribution is 0.1000. The van der Waals surface area contributed by atoms with E-state index in [0.717, 1.165) is 16.9 Å². The molecule has 2 heterocycles. The Bertz CT molecular complexity index is 1240. The fourth-order valence-electron chi connectivity index (χ4n) is 2.73. The van der Waals surface area contributed by atoms with Crippen LogP contribution in [0.3, 0.4) is 0 Å². The van der Waals surface area contributed by atoms with Crippen LogP contribution >= 0.6 is 11.3 Å². The van der Waals surface area contributed by atoms with Gasteiger partial charge in [-0.15, -0.1) is 11.3 Å². The molecule has 4 aromatic rings. The number of anilines is 2. The van der Waals surface area contributed by atoms with Gasteiger partial charge in [-0.25, -0.2) is 8.42 Å². The number of hydrogen-bond donors (Lipinski definition) is 2. The van der Waals surface area contributed by atoms with Crippen LogP contribution in [0.15, 0.2) is 74.7 Å². The number of sulfonamides is 1. The third kappa shape index (κ3) is 3.51. The molecule has 0 unspecified atom stereocenters. The van der Waals surface area contributed by atoms with E-state index in [-0.39, 0.29) is 15.7 Å². The van der Waals surface area contributed by atoms with Crippen LogP contribution in [0.1, 0.15) is 16.1 Å². The van der Waals surface area contributed by atoms with Crippen LogP contribution in [-0.4, -0.2) is 14.3 Å². The van der Waals surface area contributed by atoms with Crippen molar-refractivity contribution in [1.82, 2.24) is 0 Å². The normalized spacial score (nSPS) is 11.5. The summed E-state index contributed by atoms with van der Waals surface area (Å²) in [6.45, 7) is 1.95. The molecule has 0 fully saturated rings. The van der Waals surface area contributed by atoms with Gasteiger partial charge in [0.05, 0.1) is 0 Å². The quantitative estimate of drug-likeness (QED) is 0.490. The Morgan fingerprint density at radius 2 is 1.75 bits per heavy atom. The van der Waals surface area contributed by atoms with Gasteiger partial charge in [-0.2, -0.15) is 0 Å². The molecular formula is C20H16N2O4S2. The van der Waals surface area contributed by atoms with Crippen LogP contribution in [0.2, 0.25) is 0 Å². The molecule has 142 valence electrons. The van der Waals surface area contributed by atoms with Crippen molar-refractivity contribution in [2.24, 2.45) is 0 Å². The van der Waals surface area contributed by atoms with Crippen molar-refractivity contribution in [3.8, 4) is 0 Å². The lowest BCUT2D eigenvalue weighted by Gasteiger charge is -2.08. The highest BCUT2D eigenvalue weighted by Gasteiger charge is 2.25. The molecule has 1 amide bonds. The van der Waals surface area contributed by atoms with E-state index in [4.69, 9.17) is 4.42 Å². The summed E-state index contributed by atoms with van der Waals surface area (Å²) >= 11 is 1.09. The molecule has 0 radical (unpaired) electrons.